The lowest BCUT2D eigenvalue weighted by Gasteiger charge is -2.22. The summed E-state index contributed by atoms with van der Waals surface area (Å²) in [6.07, 6.45) is -1.92. The fraction of sp³-hybridized carbons (Fsp3) is 0.655. The molecule has 1 aromatic rings. The number of hydrogen-bond acceptors (Lipinski definition) is 11. The molecule has 0 aliphatic heterocycles. The molecule has 0 saturated carbocycles. The maximum atomic E-state index is 12.6. The van der Waals surface area contributed by atoms with Crippen LogP contribution in [-0.2, 0) is 35.0 Å². The Balaban J connectivity index is 2.92. The van der Waals surface area contributed by atoms with Crippen LogP contribution < -0.4 is 15.2 Å². The lowest BCUT2D eigenvalue weighted by molar-refractivity contribution is -0.166. The molecule has 0 bridgehead atoms. The summed E-state index contributed by atoms with van der Waals surface area (Å²) in [5.41, 5.74) is 6.58. The van der Waals surface area contributed by atoms with E-state index in [-0.39, 0.29) is 36.4 Å². The first-order valence-electron chi connectivity index (χ1n) is 13.8. The van der Waals surface area contributed by atoms with Crippen molar-refractivity contribution in [2.75, 3.05) is 0 Å². The first-order chi connectivity index (χ1) is 18.7. The monoisotopic (exact) mass is 567 g/mol. The Hall–Kier alpha value is -3.34. The van der Waals surface area contributed by atoms with Crippen molar-refractivity contribution in [1.82, 2.24) is 0 Å². The van der Waals surface area contributed by atoms with Crippen LogP contribution in [0.15, 0.2) is 18.2 Å². The Labute approximate surface area is 236 Å². The van der Waals surface area contributed by atoms with Crippen molar-refractivity contribution in [2.24, 2.45) is 11.7 Å². The van der Waals surface area contributed by atoms with Crippen LogP contribution in [0.1, 0.15) is 86.6 Å². The number of carbonyl (C=O) groups excluding carboxylic acids is 4. The van der Waals surface area contributed by atoms with Gasteiger partial charge in [-0.2, -0.15) is 0 Å². The summed E-state index contributed by atoms with van der Waals surface area (Å²) in [5, 5.41) is 0. The molecule has 40 heavy (non-hydrogen) atoms. The van der Waals surface area contributed by atoms with Gasteiger partial charge in [0.2, 0.25) is 0 Å². The van der Waals surface area contributed by atoms with Crippen molar-refractivity contribution in [2.45, 2.75) is 118 Å². The molecule has 0 heterocycles. The summed E-state index contributed by atoms with van der Waals surface area (Å²) in [5.74, 6) is -0.873. The largest absolute Gasteiger partial charge is 0.514 e. The highest BCUT2D eigenvalue weighted by Gasteiger charge is 2.25. The molecule has 0 saturated heterocycles. The second kappa shape index (κ2) is 17.4. The minimum Gasteiger partial charge on any atom is -0.459 e. The van der Waals surface area contributed by atoms with E-state index >= 15 is 0 Å². The van der Waals surface area contributed by atoms with Gasteiger partial charge >= 0.3 is 24.2 Å². The Morgan fingerprint density at radius 3 is 1.80 bits per heavy atom. The van der Waals surface area contributed by atoms with E-state index < -0.39 is 42.6 Å². The number of hydrogen-bond donors (Lipinski definition) is 1. The molecule has 5 atom stereocenters. The fourth-order valence-corrected chi connectivity index (χ4v) is 3.04. The zero-order valence-corrected chi connectivity index (χ0v) is 24.9. The summed E-state index contributed by atoms with van der Waals surface area (Å²) < 4.78 is 31.6. The van der Waals surface area contributed by atoms with Gasteiger partial charge in [0, 0.05) is 6.42 Å². The molecule has 1 aromatic carbocycles. The third kappa shape index (κ3) is 13.1. The highest BCUT2D eigenvalue weighted by Crippen LogP contribution is 2.30. The molecule has 226 valence electrons. The maximum absolute atomic E-state index is 12.6. The van der Waals surface area contributed by atoms with E-state index in [0.717, 1.165) is 0 Å². The first kappa shape index (κ1) is 34.7. The van der Waals surface area contributed by atoms with E-state index in [1.165, 1.54) is 12.1 Å². The number of rotatable bonds is 15. The molecule has 0 amide bonds. The molecule has 0 aromatic heterocycles. The van der Waals surface area contributed by atoms with Gasteiger partial charge in [-0.05, 0) is 77.0 Å². The van der Waals surface area contributed by atoms with E-state index in [1.807, 2.05) is 27.7 Å². The van der Waals surface area contributed by atoms with Crippen LogP contribution in [0, 0.1) is 5.92 Å². The number of carbonyl (C=O) groups is 4. The van der Waals surface area contributed by atoms with Gasteiger partial charge in [-0.1, -0.05) is 33.8 Å². The van der Waals surface area contributed by atoms with Crippen LogP contribution >= 0.6 is 0 Å². The number of benzene rings is 1. The summed E-state index contributed by atoms with van der Waals surface area (Å²) in [4.78, 5) is 49.1. The fourth-order valence-electron chi connectivity index (χ4n) is 3.04. The first-order valence-corrected chi connectivity index (χ1v) is 13.8. The third-order valence-corrected chi connectivity index (χ3v) is 6.10. The van der Waals surface area contributed by atoms with E-state index in [0.29, 0.717) is 30.7 Å². The van der Waals surface area contributed by atoms with Crippen molar-refractivity contribution >= 4 is 24.2 Å². The molecule has 2 N–H and O–H groups in total. The normalized spacial score (nSPS) is 14.8. The predicted molar refractivity (Wildman–Crippen MR) is 147 cm³/mol. The van der Waals surface area contributed by atoms with Crippen molar-refractivity contribution < 1.29 is 47.6 Å². The van der Waals surface area contributed by atoms with Crippen LogP contribution in [0.5, 0.6) is 11.5 Å². The van der Waals surface area contributed by atoms with Crippen LogP contribution in [0.3, 0.4) is 0 Å². The Kier molecular flexibility index (Phi) is 15.1. The SMILES string of the molecule is CCC(C)OC(=O)Oc1ccc(C[C@H](N)C(=O)O[C@@H](C)[C@H](C)OC(=O)CCC(C)C)cc1OC(=O)OC(C)CC. The molecule has 0 spiro atoms. The number of nitrogens with two attached hydrogens (primary N) is 1. The molecule has 11 heteroatoms. The molecule has 11 nitrogen and oxygen atoms in total. The van der Waals surface area contributed by atoms with E-state index in [1.54, 1.807) is 33.8 Å². The van der Waals surface area contributed by atoms with Gasteiger partial charge in [0.25, 0.3) is 0 Å². The molecule has 2 unspecified atom stereocenters. The maximum Gasteiger partial charge on any atom is 0.514 e. The zero-order chi connectivity index (χ0) is 30.4. The quantitative estimate of drug-likeness (QED) is 0.163. The summed E-state index contributed by atoms with van der Waals surface area (Å²) >= 11 is 0. The molecule has 0 aliphatic rings. The second-order valence-electron chi connectivity index (χ2n) is 10.2. The summed E-state index contributed by atoms with van der Waals surface area (Å²) in [7, 11) is 0. The average molecular weight is 568 g/mol. The number of ether oxygens (including phenoxy) is 6. The van der Waals surface area contributed by atoms with Gasteiger partial charge in [-0.15, -0.1) is 0 Å². The van der Waals surface area contributed by atoms with Gasteiger partial charge in [0.05, 0.1) is 0 Å². The van der Waals surface area contributed by atoms with Gasteiger partial charge in [-0.3, -0.25) is 9.59 Å². The van der Waals surface area contributed by atoms with Crippen molar-refractivity contribution in [3.8, 4) is 11.5 Å². The Bertz CT molecular complexity index is 980. The van der Waals surface area contributed by atoms with Crippen molar-refractivity contribution in [3.63, 3.8) is 0 Å². The van der Waals surface area contributed by atoms with Gasteiger partial charge in [0.15, 0.2) is 11.5 Å². The zero-order valence-electron chi connectivity index (χ0n) is 24.9. The molecule has 1 rings (SSSR count). The van der Waals surface area contributed by atoms with Crippen LogP contribution in [0.4, 0.5) is 9.59 Å². The molecular formula is C29H45NO10. The van der Waals surface area contributed by atoms with E-state index in [2.05, 4.69) is 0 Å². The Morgan fingerprint density at radius 2 is 1.27 bits per heavy atom. The third-order valence-electron chi connectivity index (χ3n) is 6.10. The molecule has 0 radical (unpaired) electrons. The average Bonchev–Trinajstić information content (AvgIpc) is 2.88. The van der Waals surface area contributed by atoms with Crippen LogP contribution in [-0.4, -0.2) is 54.7 Å². The minimum absolute atomic E-state index is 0.0163. The smallest absolute Gasteiger partial charge is 0.459 e. The highest BCUT2D eigenvalue weighted by molar-refractivity contribution is 5.76. The summed E-state index contributed by atoms with van der Waals surface area (Å²) in [6, 6.07) is 3.31. The lowest BCUT2D eigenvalue weighted by atomic mass is 10.1. The van der Waals surface area contributed by atoms with Crippen molar-refractivity contribution in [1.29, 1.82) is 0 Å². The van der Waals surface area contributed by atoms with E-state index in [9.17, 15) is 19.2 Å². The van der Waals surface area contributed by atoms with Gasteiger partial charge < -0.3 is 34.2 Å². The highest BCUT2D eigenvalue weighted by atomic mass is 16.7. The van der Waals surface area contributed by atoms with Gasteiger partial charge in [0.1, 0.15) is 30.5 Å². The predicted octanol–water partition coefficient (Wildman–Crippen LogP) is 5.48. The second-order valence-corrected chi connectivity index (χ2v) is 10.2. The Morgan fingerprint density at radius 1 is 0.750 bits per heavy atom. The van der Waals surface area contributed by atoms with Gasteiger partial charge in [-0.25, -0.2) is 9.59 Å². The minimum atomic E-state index is -1.08. The number of esters is 2. The topological polar surface area (TPSA) is 150 Å². The van der Waals surface area contributed by atoms with E-state index in [4.69, 9.17) is 34.2 Å². The standard InChI is InChI=1S/C29H45NO10/c1-9-18(5)35-28(33)39-24-13-12-22(16-25(24)40-29(34)36-19(6)10-2)15-23(30)27(32)38-21(8)20(7)37-26(31)14-11-17(3)4/h12-13,16-21,23H,9-11,14-15,30H2,1-8H3/t18?,19?,20-,21-,23-/m0/s1. The van der Waals surface area contributed by atoms with Crippen LogP contribution in [0.2, 0.25) is 0 Å². The lowest BCUT2D eigenvalue weighted by Crippen LogP contribution is -2.39. The molecule has 0 fully saturated rings. The summed E-state index contributed by atoms with van der Waals surface area (Å²) in [6.45, 7) is 14.4. The molecular weight excluding hydrogens is 522 g/mol. The molecule has 0 aliphatic carbocycles. The van der Waals surface area contributed by atoms with Crippen LogP contribution in [0.25, 0.3) is 0 Å². The van der Waals surface area contributed by atoms with Crippen molar-refractivity contribution in [3.05, 3.63) is 23.8 Å².